The van der Waals surface area contributed by atoms with Gasteiger partial charge >= 0.3 is 5.97 Å². The fraction of sp³-hybridized carbons (Fsp3) is 0.333. The van der Waals surface area contributed by atoms with Crippen molar-refractivity contribution in [1.29, 1.82) is 0 Å². The van der Waals surface area contributed by atoms with Crippen molar-refractivity contribution in [3.05, 3.63) is 18.2 Å². The molecule has 0 radical (unpaired) electrons. The van der Waals surface area contributed by atoms with E-state index in [1.807, 2.05) is 0 Å². The van der Waals surface area contributed by atoms with Gasteiger partial charge in [0.15, 0.2) is 6.04 Å². The summed E-state index contributed by atoms with van der Waals surface area (Å²) in [5.41, 5.74) is 4.33. The molecule has 1 rings (SSSR count). The van der Waals surface area contributed by atoms with Gasteiger partial charge in [0, 0.05) is 0 Å². The van der Waals surface area contributed by atoms with Gasteiger partial charge in [0.25, 0.3) is 0 Å². The minimum absolute atomic E-state index is 0.429. The zero-order chi connectivity index (χ0) is 8.27. The van der Waals surface area contributed by atoms with E-state index in [9.17, 15) is 4.79 Å². The fourth-order valence-corrected chi connectivity index (χ4v) is 0.789. The lowest BCUT2D eigenvalue weighted by Gasteiger charge is -1.96. The molecule has 0 saturated heterocycles. The van der Waals surface area contributed by atoms with Crippen molar-refractivity contribution in [3.8, 4) is 0 Å². The Morgan fingerprint density at radius 1 is 1.91 bits per heavy atom. The highest BCUT2D eigenvalue weighted by atomic mass is 16.4. The number of hydrogen-bond acceptors (Lipinski definition) is 1. The van der Waals surface area contributed by atoms with E-state index >= 15 is 0 Å². The second-order valence-electron chi connectivity index (χ2n) is 2.36. The lowest BCUT2D eigenvalue weighted by Crippen LogP contribution is -2.66. The van der Waals surface area contributed by atoms with E-state index in [4.69, 9.17) is 5.11 Å². The van der Waals surface area contributed by atoms with Crippen LogP contribution in [0.3, 0.4) is 0 Å². The maximum atomic E-state index is 10.3. The van der Waals surface area contributed by atoms with E-state index in [1.165, 1.54) is 0 Å². The molecule has 0 aliphatic carbocycles. The summed E-state index contributed by atoms with van der Waals surface area (Å²) >= 11 is 0. The number of aromatic nitrogens is 2. The summed E-state index contributed by atoms with van der Waals surface area (Å²) in [6, 6.07) is -0.581. The van der Waals surface area contributed by atoms with E-state index in [-0.39, 0.29) is 0 Å². The van der Waals surface area contributed by atoms with E-state index in [0.717, 1.165) is 5.69 Å². The molecule has 0 unspecified atom stereocenters. The monoisotopic (exact) mass is 157 g/mol. The number of rotatable bonds is 3. The zero-order valence-electron chi connectivity index (χ0n) is 6.00. The van der Waals surface area contributed by atoms with Crippen molar-refractivity contribution in [2.45, 2.75) is 12.5 Å². The minimum atomic E-state index is -0.875. The number of aliphatic carboxylic acids is 1. The number of quaternary nitrogens is 1. The molecule has 0 bridgehead atoms. The number of carbonyl (C=O) groups is 1. The molecule has 0 aromatic carbocycles. The van der Waals surface area contributed by atoms with Crippen LogP contribution in [0.1, 0.15) is 5.69 Å². The van der Waals surface area contributed by atoms with Gasteiger partial charge in [0.05, 0.1) is 6.42 Å². The summed E-state index contributed by atoms with van der Waals surface area (Å²) in [5, 5.41) is 8.49. The molecule has 0 saturated carbocycles. The van der Waals surface area contributed by atoms with Gasteiger partial charge in [-0.3, -0.25) is 4.98 Å². The van der Waals surface area contributed by atoms with Crippen LogP contribution in [0.15, 0.2) is 12.5 Å². The number of carboxylic acid groups (broad SMARTS) is 1. The second-order valence-corrected chi connectivity index (χ2v) is 2.36. The smallest absolute Gasteiger partial charge is 0.362 e. The molecule has 5 nitrogen and oxygen atoms in total. The van der Waals surface area contributed by atoms with Gasteiger partial charge < -0.3 is 10.8 Å². The predicted molar refractivity (Wildman–Crippen MR) is 35.4 cm³/mol. The highest BCUT2D eigenvalue weighted by Gasteiger charge is 2.18. The Hall–Kier alpha value is -1.36. The molecular weight excluding hydrogens is 146 g/mol. The first kappa shape index (κ1) is 7.74. The molecule has 0 amide bonds. The van der Waals surface area contributed by atoms with E-state index in [0.29, 0.717) is 6.42 Å². The molecule has 0 aliphatic rings. The van der Waals surface area contributed by atoms with Gasteiger partial charge in [-0.05, 0) is 0 Å². The van der Waals surface area contributed by atoms with Crippen LogP contribution in [-0.4, -0.2) is 22.1 Å². The largest absolute Gasteiger partial charge is 0.477 e. The lowest BCUT2D eigenvalue weighted by molar-refractivity contribution is -0.407. The van der Waals surface area contributed by atoms with Crippen LogP contribution in [0.2, 0.25) is 0 Å². The van der Waals surface area contributed by atoms with E-state index in [1.54, 1.807) is 12.5 Å². The molecule has 1 atom stereocenters. The minimum Gasteiger partial charge on any atom is -0.477 e. The first-order valence-corrected chi connectivity index (χ1v) is 3.29. The number of hydrogen-bond donors (Lipinski definition) is 3. The molecule has 6 N–H and O–H groups in total. The fourth-order valence-electron chi connectivity index (χ4n) is 0.789. The highest BCUT2D eigenvalue weighted by molar-refractivity contribution is 5.71. The third-order valence-corrected chi connectivity index (χ3v) is 1.41. The van der Waals surface area contributed by atoms with Crippen LogP contribution >= 0.6 is 0 Å². The maximum Gasteiger partial charge on any atom is 0.362 e. The Balaban J connectivity index is 2.50. The molecular formula is C6H11N3O2+2. The van der Waals surface area contributed by atoms with Crippen LogP contribution < -0.4 is 10.7 Å². The lowest BCUT2D eigenvalue weighted by atomic mass is 10.2. The van der Waals surface area contributed by atoms with Crippen molar-refractivity contribution in [3.63, 3.8) is 0 Å². The zero-order valence-corrected chi connectivity index (χ0v) is 6.00. The summed E-state index contributed by atoms with van der Waals surface area (Å²) < 4.78 is 0. The number of aromatic amines is 2. The summed E-state index contributed by atoms with van der Waals surface area (Å²) in [6.45, 7) is 0. The van der Waals surface area contributed by atoms with Crippen LogP contribution in [-0.2, 0) is 11.2 Å². The molecule has 0 spiro atoms. The topological polar surface area (TPSA) is 94.9 Å². The van der Waals surface area contributed by atoms with Gasteiger partial charge in [-0.2, -0.15) is 0 Å². The highest BCUT2D eigenvalue weighted by Crippen LogP contribution is 1.91. The normalized spacial score (nSPS) is 12.8. The predicted octanol–water partition coefficient (Wildman–Crippen LogP) is -1.93. The quantitative estimate of drug-likeness (QED) is 0.476. The summed E-state index contributed by atoms with van der Waals surface area (Å²) in [5.74, 6) is -0.875. The van der Waals surface area contributed by atoms with Crippen molar-refractivity contribution >= 4 is 5.97 Å². The van der Waals surface area contributed by atoms with Crippen LogP contribution in [0.4, 0.5) is 0 Å². The maximum absolute atomic E-state index is 10.3. The second kappa shape index (κ2) is 3.16. The number of carboxylic acids is 1. The van der Waals surface area contributed by atoms with Crippen LogP contribution in [0, 0.1) is 0 Å². The Labute approximate surface area is 63.3 Å². The number of imidazole rings is 1. The van der Waals surface area contributed by atoms with Gasteiger partial charge in [0.2, 0.25) is 6.33 Å². The standard InChI is InChI=1S/C6H9N3O2/c7-5(6(10)11)1-4-2-8-3-9-4/h2-3,5H,1,7H2,(H,8,9)(H,10,11)/p+2/t5-/m1/s1. The van der Waals surface area contributed by atoms with Gasteiger partial charge in [-0.15, -0.1) is 0 Å². The van der Waals surface area contributed by atoms with Crippen molar-refractivity contribution in [2.24, 2.45) is 0 Å². The molecule has 0 fully saturated rings. The van der Waals surface area contributed by atoms with Gasteiger partial charge in [0.1, 0.15) is 11.9 Å². The Kier molecular flexibility index (Phi) is 2.22. The number of H-pyrrole nitrogens is 2. The molecule has 11 heavy (non-hydrogen) atoms. The molecule has 1 heterocycles. The number of nitrogens with one attached hydrogen (secondary N) is 2. The van der Waals surface area contributed by atoms with Crippen molar-refractivity contribution in [2.75, 3.05) is 0 Å². The summed E-state index contributed by atoms with van der Waals surface area (Å²) in [7, 11) is 0. The van der Waals surface area contributed by atoms with E-state index in [2.05, 4.69) is 15.7 Å². The first-order valence-electron chi connectivity index (χ1n) is 3.29. The van der Waals surface area contributed by atoms with Crippen molar-refractivity contribution < 1.29 is 20.6 Å². The summed E-state index contributed by atoms with van der Waals surface area (Å²) in [4.78, 5) is 16.0. The molecule has 60 valence electrons. The third kappa shape index (κ3) is 2.05. The van der Waals surface area contributed by atoms with Gasteiger partial charge in [-0.1, -0.05) is 0 Å². The van der Waals surface area contributed by atoms with E-state index < -0.39 is 12.0 Å². The third-order valence-electron chi connectivity index (χ3n) is 1.41. The summed E-state index contributed by atoms with van der Waals surface area (Å²) in [6.07, 6.45) is 3.80. The average molecular weight is 157 g/mol. The van der Waals surface area contributed by atoms with Gasteiger partial charge in [-0.25, -0.2) is 9.78 Å². The Morgan fingerprint density at radius 2 is 2.64 bits per heavy atom. The SMILES string of the molecule is [NH3+][C@H](Cc1c[nH+]c[nH]1)C(=O)O. The first-order chi connectivity index (χ1) is 5.20. The van der Waals surface area contributed by atoms with Crippen LogP contribution in [0.25, 0.3) is 0 Å². The molecule has 1 aromatic heterocycles. The average Bonchev–Trinajstić information content (AvgIpc) is 2.39. The molecule has 1 aromatic rings. The Morgan fingerprint density at radius 3 is 3.09 bits per heavy atom. The van der Waals surface area contributed by atoms with Crippen LogP contribution in [0.5, 0.6) is 0 Å². The Bertz CT molecular complexity index is 232. The van der Waals surface area contributed by atoms with Crippen molar-refractivity contribution in [1.82, 2.24) is 4.98 Å². The molecule has 5 heteroatoms. The molecule has 0 aliphatic heterocycles.